The van der Waals surface area contributed by atoms with E-state index in [-0.39, 0.29) is 11.8 Å². The number of rotatable bonds is 5. The van der Waals surface area contributed by atoms with Crippen molar-refractivity contribution in [2.24, 2.45) is 17.8 Å². The molecule has 3 aliphatic heterocycles. The highest BCUT2D eigenvalue weighted by molar-refractivity contribution is 5.96. The number of carboxylic acids is 1. The predicted octanol–water partition coefficient (Wildman–Crippen LogP) is 5.14. The van der Waals surface area contributed by atoms with Crippen LogP contribution in [0.2, 0.25) is 0 Å². The number of anilines is 1. The fourth-order valence-electron chi connectivity index (χ4n) is 7.76. The van der Waals surface area contributed by atoms with Gasteiger partial charge in [0.25, 0.3) is 0 Å². The Labute approximate surface area is 201 Å². The standard InChI is InChI=1S/C28H37N3O3/c1-17(11-26(32)31-21-6-5-18-12-19(14-21)15-22(31)13-18)23-16-29-24-3-2-4-25(27(23)24)30-9-7-20(8-10-30)28(33)34/h2-4,16-22,29H,5-15H2,1H3,(H,33,34). The Morgan fingerprint density at radius 2 is 1.79 bits per heavy atom. The second kappa shape index (κ2) is 8.62. The van der Waals surface area contributed by atoms with Gasteiger partial charge in [-0.05, 0) is 86.8 Å². The minimum absolute atomic E-state index is 0.137. The molecule has 5 fully saturated rings. The number of piperidine rings is 2. The van der Waals surface area contributed by atoms with Crippen LogP contribution in [0, 0.1) is 17.8 Å². The molecule has 0 spiro atoms. The molecule has 1 amide bonds. The number of aromatic amines is 1. The van der Waals surface area contributed by atoms with Crippen molar-refractivity contribution in [3.63, 3.8) is 0 Å². The quantitative estimate of drug-likeness (QED) is 0.644. The van der Waals surface area contributed by atoms with E-state index in [0.717, 1.165) is 30.4 Å². The van der Waals surface area contributed by atoms with Crippen LogP contribution in [-0.2, 0) is 9.59 Å². The molecule has 4 heterocycles. The zero-order valence-corrected chi connectivity index (χ0v) is 20.2. The molecule has 2 saturated carbocycles. The second-order valence-electron chi connectivity index (χ2n) is 11.5. The topological polar surface area (TPSA) is 76.6 Å². The summed E-state index contributed by atoms with van der Waals surface area (Å²) in [5, 5.41) is 10.6. The van der Waals surface area contributed by atoms with E-state index in [1.54, 1.807) is 0 Å². The number of nitrogens with zero attached hydrogens (tertiary/aromatic N) is 2. The number of aromatic nitrogens is 1. The van der Waals surface area contributed by atoms with Gasteiger partial charge in [-0.3, -0.25) is 9.59 Å². The molecule has 2 aromatic rings. The molecule has 6 nitrogen and oxygen atoms in total. The number of carboxylic acid groups (broad SMARTS) is 1. The number of amides is 1. The summed E-state index contributed by atoms with van der Waals surface area (Å²) in [6.07, 6.45) is 11.6. The summed E-state index contributed by atoms with van der Waals surface area (Å²) in [6, 6.07) is 7.26. The monoisotopic (exact) mass is 463 g/mol. The van der Waals surface area contributed by atoms with Gasteiger partial charge >= 0.3 is 5.97 Å². The summed E-state index contributed by atoms with van der Waals surface area (Å²) in [5.74, 6) is 1.25. The maximum atomic E-state index is 13.7. The zero-order valence-electron chi connectivity index (χ0n) is 20.2. The molecule has 5 unspecified atom stereocenters. The van der Waals surface area contributed by atoms with Crippen LogP contribution in [0.1, 0.15) is 76.2 Å². The van der Waals surface area contributed by atoms with Crippen molar-refractivity contribution in [1.29, 1.82) is 0 Å². The molecule has 2 N–H and O–H groups in total. The molecule has 5 aliphatic rings. The van der Waals surface area contributed by atoms with E-state index in [9.17, 15) is 14.7 Å². The first kappa shape index (κ1) is 22.0. The van der Waals surface area contributed by atoms with Gasteiger partial charge in [-0.15, -0.1) is 0 Å². The van der Waals surface area contributed by atoms with Gasteiger partial charge in [-0.2, -0.15) is 0 Å². The van der Waals surface area contributed by atoms with E-state index >= 15 is 0 Å². The van der Waals surface area contributed by atoms with Crippen molar-refractivity contribution >= 4 is 28.5 Å². The predicted molar refractivity (Wildman–Crippen MR) is 133 cm³/mol. The Hall–Kier alpha value is -2.50. The van der Waals surface area contributed by atoms with Crippen LogP contribution in [0.15, 0.2) is 24.4 Å². The van der Waals surface area contributed by atoms with E-state index in [2.05, 4.69) is 46.1 Å². The smallest absolute Gasteiger partial charge is 0.306 e. The lowest BCUT2D eigenvalue weighted by Gasteiger charge is -2.47. The van der Waals surface area contributed by atoms with Gasteiger partial charge in [0.05, 0.1) is 5.92 Å². The highest BCUT2D eigenvalue weighted by atomic mass is 16.4. The minimum atomic E-state index is -0.678. The van der Waals surface area contributed by atoms with Crippen molar-refractivity contribution < 1.29 is 14.7 Å². The first-order chi connectivity index (χ1) is 16.5. The van der Waals surface area contributed by atoms with Gasteiger partial charge in [0, 0.05) is 54.4 Å². The molecular formula is C28H37N3O3. The van der Waals surface area contributed by atoms with Crippen LogP contribution >= 0.6 is 0 Å². The average molecular weight is 464 g/mol. The van der Waals surface area contributed by atoms with Gasteiger partial charge < -0.3 is 19.9 Å². The van der Waals surface area contributed by atoms with Gasteiger partial charge in [-0.1, -0.05) is 13.0 Å². The first-order valence-electron chi connectivity index (χ1n) is 13.4. The van der Waals surface area contributed by atoms with E-state index in [0.29, 0.717) is 37.3 Å². The molecule has 34 heavy (non-hydrogen) atoms. The molecule has 1 aromatic carbocycles. The lowest BCUT2D eigenvalue weighted by molar-refractivity contribution is -0.142. The summed E-state index contributed by atoms with van der Waals surface area (Å²) in [7, 11) is 0. The number of carbonyl (C=O) groups is 2. The fourth-order valence-corrected chi connectivity index (χ4v) is 7.76. The Morgan fingerprint density at radius 3 is 2.59 bits per heavy atom. The summed E-state index contributed by atoms with van der Waals surface area (Å²) in [6.45, 7) is 3.71. The SMILES string of the molecule is CC(CC(=O)N1C2CCC3CC(C2)CC1C3)c1c[nH]c2cccc(N3CCC(C(=O)O)CC3)c12. The van der Waals surface area contributed by atoms with E-state index in [1.807, 2.05) is 0 Å². The van der Waals surface area contributed by atoms with E-state index < -0.39 is 5.97 Å². The highest BCUT2D eigenvalue weighted by Gasteiger charge is 2.45. The molecule has 4 bridgehead atoms. The summed E-state index contributed by atoms with van der Waals surface area (Å²) in [5.41, 5.74) is 3.48. The first-order valence-corrected chi connectivity index (χ1v) is 13.4. The number of carbonyl (C=O) groups excluding carboxylic acids is 1. The summed E-state index contributed by atoms with van der Waals surface area (Å²) in [4.78, 5) is 33.2. The van der Waals surface area contributed by atoms with Crippen LogP contribution in [-0.4, -0.2) is 52.0 Å². The normalized spacial score (nSPS) is 30.0. The second-order valence-corrected chi connectivity index (χ2v) is 11.5. The lowest BCUT2D eigenvalue weighted by Crippen LogP contribution is -2.53. The number of benzene rings is 1. The molecule has 0 radical (unpaired) electrons. The number of H-pyrrole nitrogens is 1. The Morgan fingerprint density at radius 1 is 1.03 bits per heavy atom. The summed E-state index contributed by atoms with van der Waals surface area (Å²) < 4.78 is 0. The molecule has 6 heteroatoms. The minimum Gasteiger partial charge on any atom is -0.481 e. The number of hydrogen-bond acceptors (Lipinski definition) is 3. The molecule has 5 atom stereocenters. The van der Waals surface area contributed by atoms with Crippen LogP contribution < -0.4 is 4.90 Å². The zero-order chi connectivity index (χ0) is 23.4. The van der Waals surface area contributed by atoms with Gasteiger partial charge in [-0.25, -0.2) is 0 Å². The average Bonchev–Trinajstić information content (AvgIpc) is 3.16. The summed E-state index contributed by atoms with van der Waals surface area (Å²) >= 11 is 0. The third kappa shape index (κ3) is 3.79. The Balaban J connectivity index is 1.22. The third-order valence-corrected chi connectivity index (χ3v) is 9.38. The van der Waals surface area contributed by atoms with Crippen molar-refractivity contribution in [3.8, 4) is 0 Å². The molecule has 2 aliphatic carbocycles. The molecular weight excluding hydrogens is 426 g/mol. The maximum absolute atomic E-state index is 13.7. The number of nitrogens with one attached hydrogen (secondary N) is 1. The maximum Gasteiger partial charge on any atom is 0.306 e. The Kier molecular flexibility index (Phi) is 5.57. The molecule has 182 valence electrons. The van der Waals surface area contributed by atoms with Crippen molar-refractivity contribution in [2.45, 2.75) is 82.7 Å². The van der Waals surface area contributed by atoms with Crippen LogP contribution in [0.3, 0.4) is 0 Å². The number of aliphatic carboxylic acids is 1. The molecule has 7 rings (SSSR count). The van der Waals surface area contributed by atoms with E-state index in [1.165, 1.54) is 55.2 Å². The van der Waals surface area contributed by atoms with Gasteiger partial charge in [0.1, 0.15) is 0 Å². The van der Waals surface area contributed by atoms with Crippen LogP contribution in [0.25, 0.3) is 10.9 Å². The Bertz CT molecular complexity index is 1080. The number of hydrogen-bond donors (Lipinski definition) is 2. The molecule has 3 saturated heterocycles. The number of fused-ring (bicyclic) bond motifs is 2. The van der Waals surface area contributed by atoms with Crippen LogP contribution in [0.4, 0.5) is 5.69 Å². The lowest BCUT2D eigenvalue weighted by atomic mass is 9.74. The van der Waals surface area contributed by atoms with Gasteiger partial charge in [0.15, 0.2) is 0 Å². The molecule has 1 aromatic heterocycles. The fraction of sp³-hybridized carbons (Fsp3) is 0.643. The highest BCUT2D eigenvalue weighted by Crippen LogP contribution is 2.47. The van der Waals surface area contributed by atoms with Crippen molar-refractivity contribution in [3.05, 3.63) is 30.0 Å². The van der Waals surface area contributed by atoms with Crippen LogP contribution in [0.5, 0.6) is 0 Å². The van der Waals surface area contributed by atoms with Crippen molar-refractivity contribution in [1.82, 2.24) is 9.88 Å². The largest absolute Gasteiger partial charge is 0.481 e. The third-order valence-electron chi connectivity index (χ3n) is 9.38. The van der Waals surface area contributed by atoms with E-state index in [4.69, 9.17) is 0 Å². The van der Waals surface area contributed by atoms with Crippen molar-refractivity contribution in [2.75, 3.05) is 18.0 Å². The van der Waals surface area contributed by atoms with Gasteiger partial charge in [0.2, 0.25) is 5.91 Å².